The third-order valence-corrected chi connectivity index (χ3v) is 5.83. The summed E-state index contributed by atoms with van der Waals surface area (Å²) in [7, 11) is -3.85. The summed E-state index contributed by atoms with van der Waals surface area (Å²) in [6.45, 7) is 4.68. The number of nitrogens with one attached hydrogen (secondary N) is 2. The molecule has 0 bridgehead atoms. The van der Waals surface area contributed by atoms with Gasteiger partial charge >= 0.3 is 6.03 Å². The van der Waals surface area contributed by atoms with E-state index in [0.29, 0.717) is 30.8 Å². The number of halogens is 1. The Morgan fingerprint density at radius 1 is 1.22 bits per heavy atom. The van der Waals surface area contributed by atoms with Crippen molar-refractivity contribution in [1.82, 2.24) is 5.32 Å². The Labute approximate surface area is 158 Å². The number of aryl methyl sites for hydroxylation is 1. The smallest absolute Gasteiger partial charge is 0.321 e. The number of benzene rings is 2. The van der Waals surface area contributed by atoms with E-state index in [2.05, 4.69) is 10.0 Å². The molecule has 0 spiro atoms. The number of nitrogens with zero attached hydrogens (tertiary/aromatic N) is 1. The second-order valence-electron chi connectivity index (χ2n) is 6.49. The summed E-state index contributed by atoms with van der Waals surface area (Å²) in [6.07, 6.45) is 1.42. The number of hydrogen-bond donors (Lipinski definition) is 2. The number of hydrogen-bond acceptors (Lipinski definition) is 3. The Kier molecular flexibility index (Phi) is 5.36. The van der Waals surface area contributed by atoms with Gasteiger partial charge in [0, 0.05) is 18.8 Å². The molecule has 0 atom stereocenters. The van der Waals surface area contributed by atoms with Gasteiger partial charge in [0.05, 0.1) is 10.6 Å². The highest BCUT2D eigenvalue weighted by molar-refractivity contribution is 7.92. The van der Waals surface area contributed by atoms with Gasteiger partial charge in [0.15, 0.2) is 0 Å². The van der Waals surface area contributed by atoms with Gasteiger partial charge in [-0.3, -0.25) is 9.62 Å². The van der Waals surface area contributed by atoms with Crippen molar-refractivity contribution in [3.8, 4) is 0 Å². The van der Waals surface area contributed by atoms with Crippen molar-refractivity contribution in [2.45, 2.75) is 31.6 Å². The van der Waals surface area contributed by atoms with Gasteiger partial charge in [-0.25, -0.2) is 17.6 Å². The van der Waals surface area contributed by atoms with Gasteiger partial charge < -0.3 is 5.32 Å². The first kappa shape index (κ1) is 19.2. The molecule has 0 fully saturated rings. The molecule has 3 rings (SSSR count). The van der Waals surface area contributed by atoms with Crippen LogP contribution in [-0.4, -0.2) is 27.5 Å². The van der Waals surface area contributed by atoms with Gasteiger partial charge in [0.1, 0.15) is 5.82 Å². The average Bonchev–Trinajstić information content (AvgIpc) is 3.06. The Bertz CT molecular complexity index is 976. The number of rotatable bonds is 5. The standard InChI is InChI=1S/C19H22FN3O3S/c1-3-9-21-19(24)23-10-8-14-11-16(6-7-18(14)23)27(25,26)22-15-5-4-13(2)17(20)12-15/h4-7,11-12,22H,3,8-10H2,1-2H3,(H,21,24). The predicted molar refractivity (Wildman–Crippen MR) is 103 cm³/mol. The number of anilines is 2. The molecular weight excluding hydrogens is 369 g/mol. The third kappa shape index (κ3) is 4.05. The molecule has 1 heterocycles. The van der Waals surface area contributed by atoms with Crippen LogP contribution in [0.5, 0.6) is 0 Å². The van der Waals surface area contributed by atoms with E-state index in [4.69, 9.17) is 0 Å². The van der Waals surface area contributed by atoms with Crippen LogP contribution in [-0.2, 0) is 16.4 Å². The van der Waals surface area contributed by atoms with Crippen LogP contribution in [0.25, 0.3) is 0 Å². The fourth-order valence-electron chi connectivity index (χ4n) is 2.95. The number of urea groups is 1. The molecule has 2 amide bonds. The Hall–Kier alpha value is -2.61. The minimum atomic E-state index is -3.85. The zero-order valence-electron chi connectivity index (χ0n) is 15.3. The highest BCUT2D eigenvalue weighted by atomic mass is 32.2. The second kappa shape index (κ2) is 7.56. The molecule has 0 unspecified atom stereocenters. The summed E-state index contributed by atoms with van der Waals surface area (Å²) in [4.78, 5) is 13.9. The van der Waals surface area contributed by atoms with Crippen molar-refractivity contribution in [3.05, 3.63) is 53.3 Å². The fourth-order valence-corrected chi connectivity index (χ4v) is 4.05. The van der Waals surface area contributed by atoms with E-state index >= 15 is 0 Å². The van der Waals surface area contributed by atoms with Gasteiger partial charge in [-0.1, -0.05) is 13.0 Å². The van der Waals surface area contributed by atoms with Crippen LogP contribution in [0, 0.1) is 12.7 Å². The van der Waals surface area contributed by atoms with Gasteiger partial charge in [-0.05, 0) is 61.2 Å². The quantitative estimate of drug-likeness (QED) is 0.820. The van der Waals surface area contributed by atoms with Crippen LogP contribution in [0.3, 0.4) is 0 Å². The van der Waals surface area contributed by atoms with Crippen LogP contribution >= 0.6 is 0 Å². The molecule has 27 heavy (non-hydrogen) atoms. The monoisotopic (exact) mass is 391 g/mol. The van der Waals surface area contributed by atoms with Gasteiger partial charge in [-0.2, -0.15) is 0 Å². The summed E-state index contributed by atoms with van der Waals surface area (Å²) < 4.78 is 41.3. The Morgan fingerprint density at radius 2 is 2.00 bits per heavy atom. The zero-order chi connectivity index (χ0) is 19.6. The summed E-state index contributed by atoms with van der Waals surface area (Å²) in [5, 5.41) is 2.82. The molecule has 2 aromatic carbocycles. The maximum absolute atomic E-state index is 13.7. The average molecular weight is 391 g/mol. The first-order chi connectivity index (χ1) is 12.8. The van der Waals surface area contributed by atoms with Gasteiger partial charge in [0.25, 0.3) is 10.0 Å². The minimum absolute atomic E-state index is 0.0815. The first-order valence-corrected chi connectivity index (χ1v) is 10.3. The van der Waals surface area contributed by atoms with E-state index in [1.165, 1.54) is 18.2 Å². The van der Waals surface area contributed by atoms with E-state index in [1.54, 1.807) is 24.0 Å². The number of amides is 2. The van der Waals surface area contributed by atoms with Gasteiger partial charge in [0.2, 0.25) is 0 Å². The zero-order valence-corrected chi connectivity index (χ0v) is 16.1. The van der Waals surface area contributed by atoms with E-state index in [-0.39, 0.29) is 16.6 Å². The molecule has 0 aliphatic carbocycles. The summed E-state index contributed by atoms with van der Waals surface area (Å²) >= 11 is 0. The summed E-state index contributed by atoms with van der Waals surface area (Å²) in [5.41, 5.74) is 2.11. The molecule has 6 nitrogen and oxygen atoms in total. The topological polar surface area (TPSA) is 78.5 Å². The first-order valence-electron chi connectivity index (χ1n) is 8.79. The summed E-state index contributed by atoms with van der Waals surface area (Å²) in [6, 6.07) is 8.66. The predicted octanol–water partition coefficient (Wildman–Crippen LogP) is 3.42. The number of carbonyl (C=O) groups excluding carboxylic acids is 1. The molecule has 0 aromatic heterocycles. The molecule has 2 N–H and O–H groups in total. The maximum Gasteiger partial charge on any atom is 0.321 e. The third-order valence-electron chi connectivity index (χ3n) is 4.45. The van der Waals surface area contributed by atoms with Gasteiger partial charge in [-0.15, -0.1) is 0 Å². The maximum atomic E-state index is 13.7. The minimum Gasteiger partial charge on any atom is -0.338 e. The molecule has 8 heteroatoms. The second-order valence-corrected chi connectivity index (χ2v) is 8.18. The molecule has 1 aliphatic rings. The van der Waals surface area contributed by atoms with Crippen LogP contribution in [0.15, 0.2) is 41.3 Å². The van der Waals surface area contributed by atoms with Crippen molar-refractivity contribution in [1.29, 1.82) is 0 Å². The van der Waals surface area contributed by atoms with Crippen LogP contribution in [0.1, 0.15) is 24.5 Å². The van der Waals surface area contributed by atoms with Crippen LogP contribution in [0.4, 0.5) is 20.6 Å². The van der Waals surface area contributed by atoms with Crippen LogP contribution in [0.2, 0.25) is 0 Å². The largest absolute Gasteiger partial charge is 0.338 e. The van der Waals surface area contributed by atoms with Crippen LogP contribution < -0.4 is 14.9 Å². The lowest BCUT2D eigenvalue weighted by atomic mass is 10.2. The summed E-state index contributed by atoms with van der Waals surface area (Å²) in [5.74, 6) is -0.474. The molecule has 144 valence electrons. The lowest BCUT2D eigenvalue weighted by molar-refractivity contribution is 0.247. The highest BCUT2D eigenvalue weighted by Crippen LogP contribution is 2.31. The Balaban J connectivity index is 1.82. The van der Waals surface area contributed by atoms with Crippen molar-refractivity contribution < 1.29 is 17.6 Å². The van der Waals surface area contributed by atoms with Crippen molar-refractivity contribution >= 4 is 27.4 Å². The van der Waals surface area contributed by atoms with Crippen molar-refractivity contribution in [2.75, 3.05) is 22.7 Å². The Morgan fingerprint density at radius 3 is 2.70 bits per heavy atom. The fraction of sp³-hybridized carbons (Fsp3) is 0.316. The number of carbonyl (C=O) groups is 1. The normalized spacial score (nSPS) is 13.4. The molecule has 1 aliphatic heterocycles. The lowest BCUT2D eigenvalue weighted by Crippen LogP contribution is -2.39. The van der Waals surface area contributed by atoms with Crippen molar-refractivity contribution in [3.63, 3.8) is 0 Å². The highest BCUT2D eigenvalue weighted by Gasteiger charge is 2.26. The van der Waals surface area contributed by atoms with E-state index in [1.807, 2.05) is 6.92 Å². The molecule has 0 saturated heterocycles. The van der Waals surface area contributed by atoms with Crippen molar-refractivity contribution in [2.24, 2.45) is 0 Å². The van der Waals surface area contributed by atoms with E-state index in [0.717, 1.165) is 18.1 Å². The number of sulfonamides is 1. The molecule has 0 radical (unpaired) electrons. The van der Waals surface area contributed by atoms with E-state index < -0.39 is 15.8 Å². The molecular formula is C19H22FN3O3S. The SMILES string of the molecule is CCCNC(=O)N1CCc2cc(S(=O)(=O)Nc3ccc(C)c(F)c3)ccc21. The number of fused-ring (bicyclic) bond motifs is 1. The molecule has 2 aromatic rings. The molecule has 0 saturated carbocycles. The lowest BCUT2D eigenvalue weighted by Gasteiger charge is -2.18. The van der Waals surface area contributed by atoms with E-state index in [9.17, 15) is 17.6 Å².